The van der Waals surface area contributed by atoms with Crippen molar-refractivity contribution in [2.75, 3.05) is 6.54 Å². The van der Waals surface area contributed by atoms with Crippen LogP contribution in [-0.4, -0.2) is 17.6 Å². The van der Waals surface area contributed by atoms with Gasteiger partial charge in [0.2, 0.25) is 0 Å². The van der Waals surface area contributed by atoms with Gasteiger partial charge in [0.05, 0.1) is 0 Å². The average Bonchev–Trinajstić information content (AvgIpc) is 2.41. The van der Waals surface area contributed by atoms with Crippen molar-refractivity contribution in [2.45, 2.75) is 19.4 Å². The molecule has 0 saturated carbocycles. The third-order valence-corrected chi connectivity index (χ3v) is 3.26. The second kappa shape index (κ2) is 2.92. The number of fused-ring (bicyclic) bond motifs is 1. The summed E-state index contributed by atoms with van der Waals surface area (Å²) in [6, 6.07) is 2.83. The summed E-state index contributed by atoms with van der Waals surface area (Å²) in [6.07, 6.45) is 7.48. The molecule has 1 aliphatic carbocycles. The van der Waals surface area contributed by atoms with Crippen molar-refractivity contribution in [2.24, 2.45) is 5.92 Å². The minimum absolute atomic E-state index is 0.610. The number of rotatable bonds is 1. The Kier molecular flexibility index (Phi) is 1.71. The number of pyridine rings is 1. The number of nitrogens with zero attached hydrogens (tertiary/aromatic N) is 1. The van der Waals surface area contributed by atoms with Crippen LogP contribution in [0.3, 0.4) is 0 Å². The van der Waals surface area contributed by atoms with Crippen LogP contribution < -0.4 is 5.32 Å². The molecule has 0 spiro atoms. The standard InChI is InChI=1S/C12H14N2/c1-8-4-10(6-13-5-8)11-3-2-9-7-14-12(9)11/h3-6,9,12,14H,2,7H2,1H3. The molecule has 0 aromatic carbocycles. The van der Waals surface area contributed by atoms with Gasteiger partial charge in [-0.3, -0.25) is 4.98 Å². The maximum absolute atomic E-state index is 4.24. The first-order valence-electron chi connectivity index (χ1n) is 5.20. The highest BCUT2D eigenvalue weighted by atomic mass is 15.0. The lowest BCUT2D eigenvalue weighted by atomic mass is 9.89. The van der Waals surface area contributed by atoms with Gasteiger partial charge < -0.3 is 5.32 Å². The summed E-state index contributed by atoms with van der Waals surface area (Å²) >= 11 is 0. The highest BCUT2D eigenvalue weighted by molar-refractivity contribution is 5.73. The number of nitrogens with one attached hydrogen (secondary N) is 1. The number of hydrogen-bond donors (Lipinski definition) is 1. The summed E-state index contributed by atoms with van der Waals surface area (Å²) in [7, 11) is 0. The Hall–Kier alpha value is -1.15. The Labute approximate surface area is 84.1 Å². The minimum atomic E-state index is 0.610. The maximum atomic E-state index is 4.24. The highest BCUT2D eigenvalue weighted by Gasteiger charge is 2.36. The Morgan fingerprint density at radius 1 is 1.43 bits per heavy atom. The molecule has 2 heterocycles. The molecule has 2 unspecified atom stereocenters. The zero-order chi connectivity index (χ0) is 9.54. The van der Waals surface area contributed by atoms with Crippen LogP contribution in [0.1, 0.15) is 17.5 Å². The van der Waals surface area contributed by atoms with E-state index in [1.54, 1.807) is 0 Å². The monoisotopic (exact) mass is 186 g/mol. The number of aromatic nitrogens is 1. The Morgan fingerprint density at radius 2 is 2.36 bits per heavy atom. The van der Waals surface area contributed by atoms with Gasteiger partial charge in [-0.25, -0.2) is 0 Å². The van der Waals surface area contributed by atoms with Gasteiger partial charge in [-0.2, -0.15) is 0 Å². The molecule has 2 heteroatoms. The highest BCUT2D eigenvalue weighted by Crippen LogP contribution is 2.37. The average molecular weight is 186 g/mol. The maximum Gasteiger partial charge on any atom is 0.0367 e. The summed E-state index contributed by atoms with van der Waals surface area (Å²) in [5.74, 6) is 0.852. The lowest BCUT2D eigenvalue weighted by molar-refractivity contribution is 0.307. The van der Waals surface area contributed by atoms with E-state index in [0.717, 1.165) is 5.92 Å². The van der Waals surface area contributed by atoms with Crippen LogP contribution >= 0.6 is 0 Å². The van der Waals surface area contributed by atoms with Crippen LogP contribution in [0.2, 0.25) is 0 Å². The van der Waals surface area contributed by atoms with Crippen LogP contribution in [0.25, 0.3) is 5.57 Å². The molecule has 1 aromatic heterocycles. The van der Waals surface area contributed by atoms with Crippen molar-refractivity contribution in [3.8, 4) is 0 Å². The Bertz CT molecular complexity index is 395. The van der Waals surface area contributed by atoms with E-state index in [2.05, 4.69) is 29.4 Å². The van der Waals surface area contributed by atoms with Crippen molar-refractivity contribution >= 4 is 5.57 Å². The lowest BCUT2D eigenvalue weighted by Gasteiger charge is -2.34. The molecule has 0 radical (unpaired) electrons. The van der Waals surface area contributed by atoms with E-state index in [9.17, 15) is 0 Å². The van der Waals surface area contributed by atoms with Crippen LogP contribution in [0, 0.1) is 12.8 Å². The third-order valence-electron chi connectivity index (χ3n) is 3.26. The molecule has 2 nitrogen and oxygen atoms in total. The van der Waals surface area contributed by atoms with E-state index < -0.39 is 0 Å². The first-order chi connectivity index (χ1) is 6.84. The van der Waals surface area contributed by atoms with Crippen LogP contribution in [0.4, 0.5) is 0 Å². The molecule has 2 aliphatic rings. The molecule has 3 rings (SSSR count). The minimum Gasteiger partial charge on any atom is -0.309 e. The molecule has 2 atom stereocenters. The van der Waals surface area contributed by atoms with Gasteiger partial charge in [-0.05, 0) is 42.0 Å². The van der Waals surface area contributed by atoms with Crippen molar-refractivity contribution in [1.82, 2.24) is 10.3 Å². The second-order valence-corrected chi connectivity index (χ2v) is 4.29. The summed E-state index contributed by atoms with van der Waals surface area (Å²) in [5, 5.41) is 3.48. The molecular formula is C12H14N2. The second-order valence-electron chi connectivity index (χ2n) is 4.29. The topological polar surface area (TPSA) is 24.9 Å². The molecule has 0 bridgehead atoms. The zero-order valence-electron chi connectivity index (χ0n) is 8.33. The fourth-order valence-corrected chi connectivity index (χ4v) is 2.40. The molecule has 0 amide bonds. The SMILES string of the molecule is Cc1cncc(C2=CCC3CNC23)c1. The van der Waals surface area contributed by atoms with Crippen molar-refractivity contribution < 1.29 is 0 Å². The molecule has 1 aliphatic heterocycles. The van der Waals surface area contributed by atoms with Crippen molar-refractivity contribution in [3.63, 3.8) is 0 Å². The molecule has 1 N–H and O–H groups in total. The van der Waals surface area contributed by atoms with Gasteiger partial charge in [-0.15, -0.1) is 0 Å². The predicted molar refractivity (Wildman–Crippen MR) is 56.8 cm³/mol. The lowest BCUT2D eigenvalue weighted by Crippen LogP contribution is -2.50. The zero-order valence-corrected chi connectivity index (χ0v) is 8.33. The summed E-state index contributed by atoms with van der Waals surface area (Å²) in [4.78, 5) is 4.24. The van der Waals surface area contributed by atoms with Gasteiger partial charge in [-0.1, -0.05) is 6.08 Å². The van der Waals surface area contributed by atoms with E-state index in [4.69, 9.17) is 0 Å². The fourth-order valence-electron chi connectivity index (χ4n) is 2.40. The van der Waals surface area contributed by atoms with Crippen LogP contribution in [0.5, 0.6) is 0 Å². The molecular weight excluding hydrogens is 172 g/mol. The molecule has 1 saturated heterocycles. The largest absolute Gasteiger partial charge is 0.309 e. The third kappa shape index (κ3) is 1.11. The molecule has 1 aromatic rings. The summed E-state index contributed by atoms with van der Waals surface area (Å²) in [6.45, 7) is 3.28. The van der Waals surface area contributed by atoms with Gasteiger partial charge in [0, 0.05) is 25.0 Å². The summed E-state index contributed by atoms with van der Waals surface area (Å²) in [5.41, 5.74) is 3.99. The first kappa shape index (κ1) is 8.18. The molecule has 1 fully saturated rings. The van der Waals surface area contributed by atoms with Crippen molar-refractivity contribution in [3.05, 3.63) is 35.7 Å². The van der Waals surface area contributed by atoms with E-state index in [1.165, 1.54) is 29.7 Å². The normalized spacial score (nSPS) is 29.4. The molecule has 72 valence electrons. The van der Waals surface area contributed by atoms with Crippen LogP contribution in [-0.2, 0) is 0 Å². The van der Waals surface area contributed by atoms with Crippen molar-refractivity contribution in [1.29, 1.82) is 0 Å². The number of aryl methyl sites for hydroxylation is 1. The Morgan fingerprint density at radius 3 is 3.00 bits per heavy atom. The van der Waals surface area contributed by atoms with Gasteiger partial charge >= 0.3 is 0 Å². The number of hydrogen-bond acceptors (Lipinski definition) is 2. The van der Waals surface area contributed by atoms with E-state index >= 15 is 0 Å². The van der Waals surface area contributed by atoms with Crippen LogP contribution in [0.15, 0.2) is 24.5 Å². The smallest absolute Gasteiger partial charge is 0.0367 e. The van der Waals surface area contributed by atoms with E-state index in [-0.39, 0.29) is 0 Å². The molecule has 14 heavy (non-hydrogen) atoms. The van der Waals surface area contributed by atoms with Gasteiger partial charge in [0.15, 0.2) is 0 Å². The first-order valence-corrected chi connectivity index (χ1v) is 5.20. The predicted octanol–water partition coefficient (Wildman–Crippen LogP) is 1.77. The van der Waals surface area contributed by atoms with E-state index in [0.29, 0.717) is 6.04 Å². The van der Waals surface area contributed by atoms with Gasteiger partial charge in [0.1, 0.15) is 0 Å². The summed E-state index contributed by atoms with van der Waals surface area (Å²) < 4.78 is 0. The van der Waals surface area contributed by atoms with E-state index in [1.807, 2.05) is 12.4 Å². The number of allylic oxidation sites excluding steroid dienone is 1. The Balaban J connectivity index is 1.95. The quantitative estimate of drug-likeness (QED) is 0.723. The fraction of sp³-hybridized carbons (Fsp3) is 0.417. The van der Waals surface area contributed by atoms with Gasteiger partial charge in [0.25, 0.3) is 0 Å².